The molecule has 0 N–H and O–H groups in total. The molecule has 0 aromatic heterocycles. The van der Waals surface area contributed by atoms with Crippen molar-refractivity contribution in [2.45, 2.75) is 0 Å². The summed E-state index contributed by atoms with van der Waals surface area (Å²) in [6.07, 6.45) is 4.25. The molecule has 1 aromatic carbocycles. The lowest BCUT2D eigenvalue weighted by Crippen LogP contribution is -2.10. The lowest BCUT2D eigenvalue weighted by Gasteiger charge is -2.03. The summed E-state index contributed by atoms with van der Waals surface area (Å²) in [6, 6.07) is 8.03. The zero-order chi connectivity index (χ0) is 10.4. The van der Waals surface area contributed by atoms with E-state index in [4.69, 9.17) is 4.74 Å². The van der Waals surface area contributed by atoms with Crippen molar-refractivity contribution in [2.24, 2.45) is 0 Å². The van der Waals surface area contributed by atoms with Crippen LogP contribution in [0.15, 0.2) is 30.3 Å². The first-order chi connectivity index (χ1) is 6.72. The highest BCUT2D eigenvalue weighted by atomic mass is 16.5. The molecule has 0 atom stereocenters. The van der Waals surface area contributed by atoms with Gasteiger partial charge in [0.15, 0.2) is 0 Å². The van der Waals surface area contributed by atoms with Crippen molar-refractivity contribution in [3.63, 3.8) is 0 Å². The molecule has 0 saturated heterocycles. The summed E-state index contributed by atoms with van der Waals surface area (Å²) in [5.74, 6) is 0.898. The van der Waals surface area contributed by atoms with Crippen molar-refractivity contribution < 1.29 is 4.74 Å². The monoisotopic (exact) mass is 191 g/mol. The number of likely N-dealkylation sites (N-methyl/N-ethyl adjacent to an activating group) is 1. The van der Waals surface area contributed by atoms with Crippen LogP contribution >= 0.6 is 0 Å². The van der Waals surface area contributed by atoms with Crippen LogP contribution in [0.3, 0.4) is 0 Å². The molecule has 0 bridgehead atoms. The lowest BCUT2D eigenvalue weighted by molar-refractivity contribution is 0.415. The minimum absolute atomic E-state index is 0.898. The number of benzene rings is 1. The van der Waals surface area contributed by atoms with Gasteiger partial charge in [-0.15, -0.1) is 0 Å². The Morgan fingerprint density at radius 1 is 1.21 bits per heavy atom. The van der Waals surface area contributed by atoms with Gasteiger partial charge in [0, 0.05) is 6.54 Å². The maximum atomic E-state index is 5.08. The molecule has 1 aromatic rings. The van der Waals surface area contributed by atoms with Crippen molar-refractivity contribution in [2.75, 3.05) is 27.7 Å². The van der Waals surface area contributed by atoms with Crippen LogP contribution < -0.4 is 4.74 Å². The zero-order valence-corrected chi connectivity index (χ0v) is 9.03. The van der Waals surface area contributed by atoms with Gasteiger partial charge >= 0.3 is 0 Å². The average Bonchev–Trinajstić information content (AvgIpc) is 2.18. The normalized spacial score (nSPS) is 11.1. The van der Waals surface area contributed by atoms with Gasteiger partial charge in [0.1, 0.15) is 5.75 Å². The summed E-state index contributed by atoms with van der Waals surface area (Å²) in [5, 5.41) is 0. The van der Waals surface area contributed by atoms with E-state index in [0.717, 1.165) is 12.3 Å². The van der Waals surface area contributed by atoms with Crippen LogP contribution in [0.2, 0.25) is 0 Å². The Balaban J connectivity index is 2.55. The van der Waals surface area contributed by atoms with E-state index in [1.807, 2.05) is 24.3 Å². The summed E-state index contributed by atoms with van der Waals surface area (Å²) < 4.78 is 5.08. The molecule has 2 nitrogen and oxygen atoms in total. The third-order valence-corrected chi connectivity index (χ3v) is 1.90. The van der Waals surface area contributed by atoms with Gasteiger partial charge in [-0.25, -0.2) is 0 Å². The molecular weight excluding hydrogens is 174 g/mol. The van der Waals surface area contributed by atoms with Crippen molar-refractivity contribution in [3.8, 4) is 5.75 Å². The Morgan fingerprint density at radius 3 is 2.36 bits per heavy atom. The van der Waals surface area contributed by atoms with Crippen molar-refractivity contribution >= 4 is 6.08 Å². The van der Waals surface area contributed by atoms with Crippen molar-refractivity contribution in [3.05, 3.63) is 35.9 Å². The second-order valence-corrected chi connectivity index (χ2v) is 3.44. The third kappa shape index (κ3) is 3.62. The molecule has 0 aliphatic heterocycles. The van der Waals surface area contributed by atoms with Crippen LogP contribution in [-0.2, 0) is 0 Å². The van der Waals surface area contributed by atoms with E-state index in [2.05, 4.69) is 31.1 Å². The lowest BCUT2D eigenvalue weighted by atomic mass is 10.2. The SMILES string of the molecule is COc1ccc(C=CCN(C)C)cc1. The van der Waals surface area contributed by atoms with E-state index in [0.29, 0.717) is 0 Å². The maximum absolute atomic E-state index is 5.08. The summed E-state index contributed by atoms with van der Waals surface area (Å²) in [5.41, 5.74) is 1.20. The number of nitrogens with zero attached hydrogens (tertiary/aromatic N) is 1. The van der Waals surface area contributed by atoms with E-state index in [1.165, 1.54) is 5.56 Å². The van der Waals surface area contributed by atoms with E-state index in [9.17, 15) is 0 Å². The summed E-state index contributed by atoms with van der Waals surface area (Å²) in [6.45, 7) is 0.964. The zero-order valence-electron chi connectivity index (χ0n) is 9.03. The predicted octanol–water partition coefficient (Wildman–Crippen LogP) is 2.27. The first-order valence-electron chi connectivity index (χ1n) is 4.67. The molecular formula is C12H17NO. The van der Waals surface area contributed by atoms with E-state index >= 15 is 0 Å². The van der Waals surface area contributed by atoms with Crippen molar-refractivity contribution in [1.29, 1.82) is 0 Å². The van der Waals surface area contributed by atoms with Gasteiger partial charge in [-0.1, -0.05) is 24.3 Å². The van der Waals surface area contributed by atoms with Gasteiger partial charge in [-0.3, -0.25) is 0 Å². The highest BCUT2D eigenvalue weighted by molar-refractivity contribution is 5.50. The molecule has 14 heavy (non-hydrogen) atoms. The minimum atomic E-state index is 0.898. The molecule has 0 unspecified atom stereocenters. The molecule has 0 aliphatic rings. The van der Waals surface area contributed by atoms with Crippen LogP contribution in [0.1, 0.15) is 5.56 Å². The first kappa shape index (κ1) is 10.8. The van der Waals surface area contributed by atoms with Gasteiger partial charge in [0.2, 0.25) is 0 Å². The highest BCUT2D eigenvalue weighted by Crippen LogP contribution is 2.12. The molecule has 0 aliphatic carbocycles. The maximum Gasteiger partial charge on any atom is 0.118 e. The van der Waals surface area contributed by atoms with Crippen LogP contribution in [0, 0.1) is 0 Å². The Labute approximate surface area is 85.8 Å². The smallest absolute Gasteiger partial charge is 0.118 e. The van der Waals surface area contributed by atoms with Gasteiger partial charge in [-0.05, 0) is 31.8 Å². The van der Waals surface area contributed by atoms with E-state index < -0.39 is 0 Å². The molecule has 0 fully saturated rings. The van der Waals surface area contributed by atoms with Crippen LogP contribution in [0.4, 0.5) is 0 Å². The number of ether oxygens (including phenoxy) is 1. The van der Waals surface area contributed by atoms with Crippen LogP contribution in [-0.4, -0.2) is 32.6 Å². The summed E-state index contributed by atoms with van der Waals surface area (Å²) >= 11 is 0. The fourth-order valence-electron chi connectivity index (χ4n) is 1.11. The van der Waals surface area contributed by atoms with Gasteiger partial charge < -0.3 is 9.64 Å². The molecule has 1 rings (SSSR count). The largest absolute Gasteiger partial charge is 0.497 e. The molecule has 0 saturated carbocycles. The molecule has 0 radical (unpaired) electrons. The molecule has 0 amide bonds. The van der Waals surface area contributed by atoms with Crippen molar-refractivity contribution in [1.82, 2.24) is 4.90 Å². The first-order valence-corrected chi connectivity index (χ1v) is 4.67. The Bertz CT molecular complexity index is 288. The second-order valence-electron chi connectivity index (χ2n) is 3.44. The minimum Gasteiger partial charge on any atom is -0.497 e. The van der Waals surface area contributed by atoms with E-state index in [1.54, 1.807) is 7.11 Å². The topological polar surface area (TPSA) is 12.5 Å². The third-order valence-electron chi connectivity index (χ3n) is 1.90. The van der Waals surface area contributed by atoms with Gasteiger partial charge in [-0.2, -0.15) is 0 Å². The number of methoxy groups -OCH3 is 1. The van der Waals surface area contributed by atoms with Gasteiger partial charge in [0.05, 0.1) is 7.11 Å². The standard InChI is InChI=1S/C12H17NO/c1-13(2)10-4-5-11-6-8-12(14-3)9-7-11/h4-9H,10H2,1-3H3. The quantitative estimate of drug-likeness (QED) is 0.724. The summed E-state index contributed by atoms with van der Waals surface area (Å²) in [4.78, 5) is 2.13. The Morgan fingerprint density at radius 2 is 1.86 bits per heavy atom. The molecule has 76 valence electrons. The fraction of sp³-hybridized carbons (Fsp3) is 0.333. The second kappa shape index (κ2) is 5.45. The molecule has 2 heteroatoms. The average molecular weight is 191 g/mol. The Hall–Kier alpha value is -1.28. The molecule has 0 spiro atoms. The molecule has 0 heterocycles. The Kier molecular flexibility index (Phi) is 4.20. The van der Waals surface area contributed by atoms with E-state index in [-0.39, 0.29) is 0 Å². The number of rotatable bonds is 4. The summed E-state index contributed by atoms with van der Waals surface area (Å²) in [7, 11) is 5.79. The van der Waals surface area contributed by atoms with Crippen LogP contribution in [0.25, 0.3) is 6.08 Å². The van der Waals surface area contributed by atoms with Gasteiger partial charge in [0.25, 0.3) is 0 Å². The predicted molar refractivity (Wildman–Crippen MR) is 60.6 cm³/mol. The number of hydrogen-bond acceptors (Lipinski definition) is 2. The fourth-order valence-corrected chi connectivity index (χ4v) is 1.11. The van der Waals surface area contributed by atoms with Crippen LogP contribution in [0.5, 0.6) is 5.75 Å². The highest BCUT2D eigenvalue weighted by Gasteiger charge is 1.89. The number of hydrogen-bond donors (Lipinski definition) is 0.